The van der Waals surface area contributed by atoms with Gasteiger partial charge in [0.15, 0.2) is 4.87 Å². The van der Waals surface area contributed by atoms with Crippen molar-refractivity contribution < 1.29 is 9.90 Å². The lowest BCUT2D eigenvalue weighted by atomic mass is 9.92. The molecule has 1 saturated heterocycles. The van der Waals surface area contributed by atoms with Crippen molar-refractivity contribution in [3.63, 3.8) is 0 Å². The first-order valence-corrected chi connectivity index (χ1v) is 6.09. The highest BCUT2D eigenvalue weighted by Gasteiger charge is 2.52. The molecule has 1 aliphatic heterocycles. The van der Waals surface area contributed by atoms with E-state index >= 15 is 0 Å². The van der Waals surface area contributed by atoms with Gasteiger partial charge in [-0.3, -0.25) is 10.2 Å². The molecule has 0 aromatic heterocycles. The number of carbonyl (C=O) groups is 1. The molecule has 1 atom stereocenters. The normalized spacial score (nSPS) is 25.9. The van der Waals surface area contributed by atoms with Crippen molar-refractivity contribution in [1.82, 2.24) is 5.43 Å². The predicted octanol–water partition coefficient (Wildman–Crippen LogP) is 2.57. The SMILES string of the molecule is CC(C)C1(Cl)C(=O)N(c2ccccc2)N/C1=C\O. The average molecular weight is 267 g/mol. The number of benzene rings is 1. The molecule has 1 aromatic rings. The first-order chi connectivity index (χ1) is 8.51. The fraction of sp³-hybridized carbons (Fsp3) is 0.308. The van der Waals surface area contributed by atoms with Gasteiger partial charge in [-0.25, -0.2) is 5.01 Å². The molecule has 5 heteroatoms. The van der Waals surface area contributed by atoms with E-state index in [0.717, 1.165) is 6.26 Å². The monoisotopic (exact) mass is 266 g/mol. The fourth-order valence-electron chi connectivity index (χ4n) is 1.97. The largest absolute Gasteiger partial charge is 0.514 e. The van der Waals surface area contributed by atoms with Gasteiger partial charge in [0.1, 0.15) is 6.26 Å². The molecule has 0 aliphatic carbocycles. The van der Waals surface area contributed by atoms with Crippen molar-refractivity contribution in [3.8, 4) is 0 Å². The van der Waals surface area contributed by atoms with Crippen LogP contribution in [0.4, 0.5) is 5.69 Å². The highest BCUT2D eigenvalue weighted by Crippen LogP contribution is 2.39. The van der Waals surface area contributed by atoms with Crippen LogP contribution in [-0.2, 0) is 4.79 Å². The zero-order chi connectivity index (χ0) is 13.3. The maximum Gasteiger partial charge on any atom is 0.273 e. The Labute approximate surface area is 111 Å². The molecule has 0 spiro atoms. The Morgan fingerprint density at radius 2 is 2.00 bits per heavy atom. The molecule has 1 unspecified atom stereocenters. The minimum atomic E-state index is -1.25. The number of para-hydroxylation sites is 1. The van der Waals surface area contributed by atoms with Gasteiger partial charge in [0, 0.05) is 0 Å². The maximum atomic E-state index is 12.4. The van der Waals surface area contributed by atoms with E-state index in [0.29, 0.717) is 11.4 Å². The lowest BCUT2D eigenvalue weighted by Crippen LogP contribution is -2.41. The topological polar surface area (TPSA) is 52.6 Å². The summed E-state index contributed by atoms with van der Waals surface area (Å²) in [7, 11) is 0. The highest BCUT2D eigenvalue weighted by molar-refractivity contribution is 6.40. The highest BCUT2D eigenvalue weighted by atomic mass is 35.5. The Kier molecular flexibility index (Phi) is 3.22. The van der Waals surface area contributed by atoms with Crippen LogP contribution in [0.25, 0.3) is 0 Å². The van der Waals surface area contributed by atoms with E-state index in [9.17, 15) is 9.90 Å². The van der Waals surface area contributed by atoms with Crippen LogP contribution in [0, 0.1) is 5.92 Å². The summed E-state index contributed by atoms with van der Waals surface area (Å²) < 4.78 is 0. The number of anilines is 1. The number of rotatable bonds is 2. The van der Waals surface area contributed by atoms with Gasteiger partial charge >= 0.3 is 0 Å². The van der Waals surface area contributed by atoms with E-state index < -0.39 is 4.87 Å². The number of alkyl halides is 1. The van der Waals surface area contributed by atoms with Gasteiger partial charge < -0.3 is 5.11 Å². The molecular weight excluding hydrogens is 252 g/mol. The summed E-state index contributed by atoms with van der Waals surface area (Å²) in [6.45, 7) is 3.68. The summed E-state index contributed by atoms with van der Waals surface area (Å²) in [5.41, 5.74) is 3.83. The minimum absolute atomic E-state index is 0.147. The van der Waals surface area contributed by atoms with Gasteiger partial charge in [-0.2, -0.15) is 0 Å². The molecule has 2 N–H and O–H groups in total. The summed E-state index contributed by atoms with van der Waals surface area (Å²) in [6, 6.07) is 9.11. The van der Waals surface area contributed by atoms with Crippen LogP contribution in [0.1, 0.15) is 13.8 Å². The maximum absolute atomic E-state index is 12.4. The fourth-order valence-corrected chi connectivity index (χ4v) is 2.15. The van der Waals surface area contributed by atoms with E-state index in [2.05, 4.69) is 5.43 Å². The second kappa shape index (κ2) is 4.53. The molecule has 18 heavy (non-hydrogen) atoms. The minimum Gasteiger partial charge on any atom is -0.514 e. The summed E-state index contributed by atoms with van der Waals surface area (Å²) >= 11 is 6.38. The summed E-state index contributed by atoms with van der Waals surface area (Å²) in [6.07, 6.45) is 0.855. The zero-order valence-corrected chi connectivity index (χ0v) is 11.0. The first kappa shape index (κ1) is 12.8. The number of aliphatic hydroxyl groups is 1. The predicted molar refractivity (Wildman–Crippen MR) is 71.2 cm³/mol. The van der Waals surface area contributed by atoms with Crippen molar-refractivity contribution in [3.05, 3.63) is 42.3 Å². The number of hydrazine groups is 1. The second-order valence-corrected chi connectivity index (χ2v) is 5.09. The standard InChI is InChI=1S/C13H15ClN2O2/c1-9(2)13(14)11(8-17)15-16(12(13)18)10-6-4-3-5-7-10/h3-9,15,17H,1-2H3/b11-8-. The number of carbonyl (C=O) groups excluding carboxylic acids is 1. The molecule has 0 radical (unpaired) electrons. The number of hydrogen-bond acceptors (Lipinski definition) is 3. The van der Waals surface area contributed by atoms with Crippen molar-refractivity contribution in [2.24, 2.45) is 5.92 Å². The molecule has 1 fully saturated rings. The molecule has 1 heterocycles. The van der Waals surface area contributed by atoms with Gasteiger partial charge in [-0.05, 0) is 18.1 Å². The Morgan fingerprint density at radius 1 is 1.39 bits per heavy atom. The van der Waals surface area contributed by atoms with E-state index in [-0.39, 0.29) is 11.8 Å². The van der Waals surface area contributed by atoms with Crippen molar-refractivity contribution in [2.75, 3.05) is 5.01 Å². The Balaban J connectivity index is 2.43. The third-order valence-electron chi connectivity index (χ3n) is 3.08. The third kappa shape index (κ3) is 1.73. The van der Waals surface area contributed by atoms with Crippen molar-refractivity contribution in [1.29, 1.82) is 0 Å². The van der Waals surface area contributed by atoms with Gasteiger partial charge in [-0.15, -0.1) is 11.6 Å². The molecule has 1 amide bonds. The van der Waals surface area contributed by atoms with Crippen LogP contribution in [0.15, 0.2) is 42.3 Å². The van der Waals surface area contributed by atoms with Crippen LogP contribution >= 0.6 is 11.6 Å². The molecule has 2 rings (SSSR count). The molecule has 1 aromatic carbocycles. The van der Waals surface area contributed by atoms with E-state index in [1.54, 1.807) is 12.1 Å². The second-order valence-electron chi connectivity index (χ2n) is 4.50. The summed E-state index contributed by atoms with van der Waals surface area (Å²) in [4.78, 5) is 11.2. The third-order valence-corrected chi connectivity index (χ3v) is 3.88. The molecule has 4 nitrogen and oxygen atoms in total. The molecule has 1 aliphatic rings. The number of nitrogens with one attached hydrogen (secondary N) is 1. The molecule has 96 valence electrons. The smallest absolute Gasteiger partial charge is 0.273 e. The van der Waals surface area contributed by atoms with Gasteiger partial charge in [-0.1, -0.05) is 32.0 Å². The van der Waals surface area contributed by atoms with E-state index in [1.165, 1.54) is 5.01 Å². The Morgan fingerprint density at radius 3 is 2.44 bits per heavy atom. The van der Waals surface area contributed by atoms with Crippen LogP contribution < -0.4 is 10.4 Å². The van der Waals surface area contributed by atoms with Gasteiger partial charge in [0.2, 0.25) is 0 Å². The molecular formula is C13H15ClN2O2. The summed E-state index contributed by atoms with van der Waals surface area (Å²) in [5.74, 6) is -0.433. The number of nitrogens with zero attached hydrogens (tertiary/aromatic N) is 1. The number of halogens is 1. The number of hydrogen-bond donors (Lipinski definition) is 2. The van der Waals surface area contributed by atoms with Crippen LogP contribution in [-0.4, -0.2) is 15.9 Å². The summed E-state index contributed by atoms with van der Waals surface area (Å²) in [5, 5.41) is 10.6. The molecule has 0 bridgehead atoms. The zero-order valence-electron chi connectivity index (χ0n) is 10.2. The lowest BCUT2D eigenvalue weighted by Gasteiger charge is -2.23. The van der Waals surface area contributed by atoms with Gasteiger partial charge in [0.05, 0.1) is 11.4 Å². The van der Waals surface area contributed by atoms with Crippen LogP contribution in [0.3, 0.4) is 0 Å². The van der Waals surface area contributed by atoms with Crippen molar-refractivity contribution >= 4 is 23.2 Å². The number of amides is 1. The quantitative estimate of drug-likeness (QED) is 0.639. The average Bonchev–Trinajstić information content (AvgIpc) is 2.65. The van der Waals surface area contributed by atoms with Gasteiger partial charge in [0.25, 0.3) is 5.91 Å². The first-order valence-electron chi connectivity index (χ1n) is 5.71. The van der Waals surface area contributed by atoms with E-state index in [1.807, 2.05) is 32.0 Å². The Bertz CT molecular complexity index is 487. The van der Waals surface area contributed by atoms with Crippen LogP contribution in [0.5, 0.6) is 0 Å². The molecule has 0 saturated carbocycles. The number of aliphatic hydroxyl groups excluding tert-OH is 1. The lowest BCUT2D eigenvalue weighted by molar-refractivity contribution is -0.119. The van der Waals surface area contributed by atoms with Crippen molar-refractivity contribution in [2.45, 2.75) is 18.7 Å². The van der Waals surface area contributed by atoms with Crippen LogP contribution in [0.2, 0.25) is 0 Å². The van der Waals surface area contributed by atoms with E-state index in [4.69, 9.17) is 11.6 Å². The Hall–Kier alpha value is -1.68.